The van der Waals surface area contributed by atoms with Gasteiger partial charge in [-0.25, -0.2) is 0 Å². The van der Waals surface area contributed by atoms with Crippen LogP contribution in [0.5, 0.6) is 0 Å². The van der Waals surface area contributed by atoms with E-state index < -0.39 is 6.10 Å². The molecule has 1 aromatic carbocycles. The van der Waals surface area contributed by atoms with E-state index in [1.54, 1.807) is 25.1 Å². The molecule has 0 aromatic heterocycles. The number of benzene rings is 1. The molecule has 2 N–H and O–H groups in total. The summed E-state index contributed by atoms with van der Waals surface area (Å²) < 4.78 is 0. The summed E-state index contributed by atoms with van der Waals surface area (Å²) >= 11 is 11.6. The molecule has 1 atom stereocenters. The summed E-state index contributed by atoms with van der Waals surface area (Å²) in [5, 5.41) is 12.5. The maximum Gasteiger partial charge on any atom is 0.224 e. The summed E-state index contributed by atoms with van der Waals surface area (Å²) in [5.41, 5.74) is 0.789. The second-order valence-corrected chi connectivity index (χ2v) is 4.39. The van der Waals surface area contributed by atoms with Crippen LogP contribution in [0.4, 0.5) is 0 Å². The van der Waals surface area contributed by atoms with E-state index in [0.717, 1.165) is 5.56 Å². The molecule has 3 nitrogen and oxygen atoms in total. The molecule has 0 radical (unpaired) electrons. The van der Waals surface area contributed by atoms with Crippen molar-refractivity contribution in [3.8, 4) is 0 Å². The van der Waals surface area contributed by atoms with Crippen molar-refractivity contribution in [3.05, 3.63) is 33.8 Å². The zero-order valence-electron chi connectivity index (χ0n) is 8.84. The number of nitrogens with one attached hydrogen (secondary N) is 1. The number of amides is 1. The number of hydrogen-bond donors (Lipinski definition) is 2. The van der Waals surface area contributed by atoms with E-state index in [-0.39, 0.29) is 18.9 Å². The smallest absolute Gasteiger partial charge is 0.224 e. The van der Waals surface area contributed by atoms with Crippen molar-refractivity contribution in [2.75, 3.05) is 6.54 Å². The van der Waals surface area contributed by atoms with Gasteiger partial charge in [-0.3, -0.25) is 4.79 Å². The first kappa shape index (κ1) is 13.3. The van der Waals surface area contributed by atoms with Crippen molar-refractivity contribution in [3.63, 3.8) is 0 Å². The molecule has 0 heterocycles. The molecule has 0 aliphatic rings. The molecule has 0 aliphatic carbocycles. The lowest BCUT2D eigenvalue weighted by Crippen LogP contribution is -2.31. The molecule has 16 heavy (non-hydrogen) atoms. The highest BCUT2D eigenvalue weighted by Gasteiger charge is 2.06. The Hall–Kier alpha value is -0.770. The summed E-state index contributed by atoms with van der Waals surface area (Å²) in [6.07, 6.45) is -0.318. The molecule has 0 unspecified atom stereocenters. The molecule has 1 aromatic rings. The number of carbonyl (C=O) groups is 1. The van der Waals surface area contributed by atoms with Crippen LogP contribution in [0.25, 0.3) is 0 Å². The minimum Gasteiger partial charge on any atom is -0.392 e. The van der Waals surface area contributed by atoms with E-state index in [4.69, 9.17) is 28.3 Å². The van der Waals surface area contributed by atoms with Crippen molar-refractivity contribution >= 4 is 29.1 Å². The number of aliphatic hydroxyl groups is 1. The normalized spacial score (nSPS) is 12.2. The summed E-state index contributed by atoms with van der Waals surface area (Å²) in [4.78, 5) is 11.4. The first-order chi connectivity index (χ1) is 7.49. The van der Waals surface area contributed by atoms with Crippen LogP contribution in [0.1, 0.15) is 12.5 Å². The second-order valence-electron chi connectivity index (χ2n) is 3.58. The van der Waals surface area contributed by atoms with Gasteiger partial charge in [0.15, 0.2) is 0 Å². The van der Waals surface area contributed by atoms with Crippen LogP contribution in [0.3, 0.4) is 0 Å². The summed E-state index contributed by atoms with van der Waals surface area (Å²) in [7, 11) is 0. The summed E-state index contributed by atoms with van der Waals surface area (Å²) in [6, 6.07) is 5.06. The van der Waals surface area contributed by atoms with E-state index in [0.29, 0.717) is 10.0 Å². The van der Waals surface area contributed by atoms with Crippen molar-refractivity contribution in [1.29, 1.82) is 0 Å². The van der Waals surface area contributed by atoms with Gasteiger partial charge in [0.2, 0.25) is 5.91 Å². The second kappa shape index (κ2) is 6.09. The molecular weight excluding hydrogens is 249 g/mol. The number of rotatable bonds is 4. The number of halogens is 2. The molecule has 0 saturated carbocycles. The number of carbonyl (C=O) groups excluding carboxylic acids is 1. The molecule has 88 valence electrons. The minimum atomic E-state index is -0.544. The van der Waals surface area contributed by atoms with Gasteiger partial charge in [0.1, 0.15) is 0 Å². The molecule has 0 spiro atoms. The van der Waals surface area contributed by atoms with Crippen LogP contribution in [0.2, 0.25) is 10.0 Å². The lowest BCUT2D eigenvalue weighted by molar-refractivity contribution is -0.120. The summed E-state index contributed by atoms with van der Waals surface area (Å²) in [6.45, 7) is 1.86. The zero-order valence-corrected chi connectivity index (χ0v) is 10.3. The Morgan fingerprint density at radius 3 is 2.69 bits per heavy atom. The van der Waals surface area contributed by atoms with Crippen LogP contribution < -0.4 is 5.32 Å². The third-order valence-corrected chi connectivity index (χ3v) is 2.68. The lowest BCUT2D eigenvalue weighted by atomic mass is 10.1. The van der Waals surface area contributed by atoms with E-state index in [2.05, 4.69) is 5.32 Å². The quantitative estimate of drug-likeness (QED) is 0.872. The average molecular weight is 262 g/mol. The van der Waals surface area contributed by atoms with E-state index in [1.807, 2.05) is 0 Å². The fourth-order valence-corrected chi connectivity index (χ4v) is 1.48. The highest BCUT2D eigenvalue weighted by molar-refractivity contribution is 6.42. The first-order valence-corrected chi connectivity index (χ1v) is 5.63. The van der Waals surface area contributed by atoms with E-state index in [9.17, 15) is 4.79 Å². The molecule has 0 bridgehead atoms. The molecule has 5 heteroatoms. The van der Waals surface area contributed by atoms with E-state index >= 15 is 0 Å². The highest BCUT2D eigenvalue weighted by Crippen LogP contribution is 2.22. The van der Waals surface area contributed by atoms with Gasteiger partial charge >= 0.3 is 0 Å². The van der Waals surface area contributed by atoms with Gasteiger partial charge in [0.05, 0.1) is 22.6 Å². The first-order valence-electron chi connectivity index (χ1n) is 4.87. The predicted molar refractivity (Wildman–Crippen MR) is 64.9 cm³/mol. The Labute approximate surface area is 104 Å². The van der Waals surface area contributed by atoms with Crippen LogP contribution >= 0.6 is 23.2 Å². The predicted octanol–water partition coefficient (Wildman–Crippen LogP) is 2.03. The van der Waals surface area contributed by atoms with Gasteiger partial charge in [-0.05, 0) is 24.6 Å². The van der Waals surface area contributed by atoms with Gasteiger partial charge < -0.3 is 10.4 Å². The molecule has 1 amide bonds. The van der Waals surface area contributed by atoms with Crippen LogP contribution in [0.15, 0.2) is 18.2 Å². The standard InChI is InChI=1S/C11H13Cl2NO2/c1-7(15)6-14-11(16)5-8-2-3-9(12)10(13)4-8/h2-4,7,15H,5-6H2,1H3,(H,14,16)/t7-/m0/s1. The van der Waals surface area contributed by atoms with Crippen LogP contribution in [-0.2, 0) is 11.2 Å². The van der Waals surface area contributed by atoms with Crippen LogP contribution in [-0.4, -0.2) is 23.7 Å². The molecule has 0 fully saturated rings. The average Bonchev–Trinajstić information content (AvgIpc) is 2.21. The lowest BCUT2D eigenvalue weighted by Gasteiger charge is -2.07. The number of hydrogen-bond acceptors (Lipinski definition) is 2. The Morgan fingerprint density at radius 1 is 1.44 bits per heavy atom. The fourth-order valence-electron chi connectivity index (χ4n) is 1.16. The molecule has 1 rings (SSSR count). The third kappa shape index (κ3) is 4.39. The largest absolute Gasteiger partial charge is 0.392 e. The fraction of sp³-hybridized carbons (Fsp3) is 0.364. The minimum absolute atomic E-state index is 0.153. The molecule has 0 saturated heterocycles. The highest BCUT2D eigenvalue weighted by atomic mass is 35.5. The van der Waals surface area contributed by atoms with Gasteiger partial charge in [-0.15, -0.1) is 0 Å². The summed E-state index contributed by atoms with van der Waals surface area (Å²) in [5.74, 6) is -0.153. The van der Waals surface area contributed by atoms with Crippen molar-refractivity contribution in [2.45, 2.75) is 19.4 Å². The Bertz CT molecular complexity index is 380. The Balaban J connectivity index is 2.53. The van der Waals surface area contributed by atoms with Crippen molar-refractivity contribution in [1.82, 2.24) is 5.32 Å². The maximum atomic E-state index is 11.4. The monoisotopic (exact) mass is 261 g/mol. The van der Waals surface area contributed by atoms with E-state index in [1.165, 1.54) is 0 Å². The molecule has 0 aliphatic heterocycles. The van der Waals surface area contributed by atoms with Gasteiger partial charge in [-0.1, -0.05) is 29.3 Å². The number of aliphatic hydroxyl groups excluding tert-OH is 1. The van der Waals surface area contributed by atoms with Crippen molar-refractivity contribution in [2.24, 2.45) is 0 Å². The Kier molecular flexibility index (Phi) is 5.06. The van der Waals surface area contributed by atoms with Gasteiger partial charge in [0.25, 0.3) is 0 Å². The topological polar surface area (TPSA) is 49.3 Å². The maximum absolute atomic E-state index is 11.4. The molecular formula is C11H13Cl2NO2. The Morgan fingerprint density at radius 2 is 2.12 bits per heavy atom. The van der Waals surface area contributed by atoms with Crippen LogP contribution in [0, 0.1) is 0 Å². The zero-order chi connectivity index (χ0) is 12.1. The van der Waals surface area contributed by atoms with Crippen molar-refractivity contribution < 1.29 is 9.90 Å². The van der Waals surface area contributed by atoms with Gasteiger partial charge in [0, 0.05) is 6.54 Å². The SMILES string of the molecule is C[C@H](O)CNC(=O)Cc1ccc(Cl)c(Cl)c1. The third-order valence-electron chi connectivity index (χ3n) is 1.94. The van der Waals surface area contributed by atoms with Gasteiger partial charge in [-0.2, -0.15) is 0 Å².